The van der Waals surface area contributed by atoms with Crippen LogP contribution >= 0.6 is 0 Å². The van der Waals surface area contributed by atoms with E-state index in [1.807, 2.05) is 23.0 Å². The Kier molecular flexibility index (Phi) is 7.90. The Morgan fingerprint density at radius 3 is 2.32 bits per heavy atom. The molecule has 34 heavy (non-hydrogen) atoms. The Morgan fingerprint density at radius 1 is 1.12 bits per heavy atom. The number of carboxylic acids is 1. The maximum Gasteiger partial charge on any atom is 0.490 e. The van der Waals surface area contributed by atoms with E-state index in [2.05, 4.69) is 10.1 Å². The molecule has 0 atom stereocenters. The molecule has 1 saturated carbocycles. The van der Waals surface area contributed by atoms with Gasteiger partial charge >= 0.3 is 12.1 Å². The van der Waals surface area contributed by atoms with Crippen molar-refractivity contribution >= 4 is 17.1 Å². The number of benzene rings is 1. The molecule has 9 nitrogen and oxygen atoms in total. The molecular formula is C22H27F3N4O5. The highest BCUT2D eigenvalue weighted by molar-refractivity contribution is 5.80. The zero-order valence-electron chi connectivity index (χ0n) is 19.1. The Balaban J connectivity index is 0.000000406. The molecule has 1 fully saturated rings. The van der Waals surface area contributed by atoms with Gasteiger partial charge in [-0.1, -0.05) is 19.3 Å². The lowest BCUT2D eigenvalue weighted by molar-refractivity contribution is -0.192. The first-order valence-electron chi connectivity index (χ1n) is 10.7. The SMILES string of the molecule is COc1ccc(-c2nc3c(cnn3CC3CCCCC3)[nH]2)c(OC)c1OC.O=C(O)C(F)(F)F. The minimum atomic E-state index is -5.08. The minimum Gasteiger partial charge on any atom is -0.493 e. The number of methoxy groups -OCH3 is 3. The van der Waals surface area contributed by atoms with Crippen LogP contribution in [0, 0.1) is 5.92 Å². The van der Waals surface area contributed by atoms with E-state index in [0.717, 1.165) is 29.1 Å². The lowest BCUT2D eigenvalue weighted by Gasteiger charge is -2.21. The number of nitrogens with zero attached hydrogens (tertiary/aromatic N) is 3. The van der Waals surface area contributed by atoms with Crippen LogP contribution in [0.25, 0.3) is 22.6 Å². The zero-order chi connectivity index (χ0) is 24.9. The van der Waals surface area contributed by atoms with E-state index in [1.165, 1.54) is 32.1 Å². The van der Waals surface area contributed by atoms with Gasteiger partial charge in [0.15, 0.2) is 17.1 Å². The fourth-order valence-electron chi connectivity index (χ4n) is 4.01. The molecule has 3 aromatic rings. The largest absolute Gasteiger partial charge is 0.493 e. The van der Waals surface area contributed by atoms with E-state index < -0.39 is 12.1 Å². The number of nitrogens with one attached hydrogen (secondary N) is 1. The number of fused-ring (bicyclic) bond motifs is 1. The molecule has 2 N–H and O–H groups in total. The quantitative estimate of drug-likeness (QED) is 0.523. The van der Waals surface area contributed by atoms with Crippen molar-refractivity contribution in [2.45, 2.75) is 44.8 Å². The van der Waals surface area contributed by atoms with E-state index in [4.69, 9.17) is 29.1 Å². The van der Waals surface area contributed by atoms with Gasteiger partial charge in [-0.2, -0.15) is 18.3 Å². The van der Waals surface area contributed by atoms with Gasteiger partial charge in [-0.3, -0.25) is 0 Å². The highest BCUT2D eigenvalue weighted by atomic mass is 19.4. The molecule has 1 aromatic carbocycles. The number of hydrogen-bond donors (Lipinski definition) is 2. The van der Waals surface area contributed by atoms with E-state index in [9.17, 15) is 13.2 Å². The van der Waals surface area contributed by atoms with Crippen LogP contribution in [-0.4, -0.2) is 58.3 Å². The molecule has 2 heterocycles. The van der Waals surface area contributed by atoms with Crippen LogP contribution in [0.1, 0.15) is 32.1 Å². The van der Waals surface area contributed by atoms with Crippen LogP contribution in [0.3, 0.4) is 0 Å². The molecule has 0 saturated heterocycles. The second-order valence-electron chi connectivity index (χ2n) is 7.84. The molecule has 0 bridgehead atoms. The normalized spacial score (nSPS) is 14.4. The predicted molar refractivity (Wildman–Crippen MR) is 117 cm³/mol. The summed E-state index contributed by atoms with van der Waals surface area (Å²) in [5, 5.41) is 11.7. The number of imidazole rings is 1. The van der Waals surface area contributed by atoms with Crippen molar-refractivity contribution in [2.24, 2.45) is 5.92 Å². The summed E-state index contributed by atoms with van der Waals surface area (Å²) >= 11 is 0. The fourth-order valence-corrected chi connectivity index (χ4v) is 4.01. The smallest absolute Gasteiger partial charge is 0.490 e. The third kappa shape index (κ3) is 5.54. The summed E-state index contributed by atoms with van der Waals surface area (Å²) < 4.78 is 50.2. The number of carboxylic acid groups (broad SMARTS) is 1. The maximum absolute atomic E-state index is 10.6. The zero-order valence-corrected chi connectivity index (χ0v) is 19.1. The van der Waals surface area contributed by atoms with E-state index in [1.54, 1.807) is 21.3 Å². The number of carbonyl (C=O) groups is 1. The summed E-state index contributed by atoms with van der Waals surface area (Å²) in [6.45, 7) is 0.927. The summed E-state index contributed by atoms with van der Waals surface area (Å²) in [5.74, 6) is 0.447. The van der Waals surface area contributed by atoms with Gasteiger partial charge in [0.2, 0.25) is 5.75 Å². The second-order valence-corrected chi connectivity index (χ2v) is 7.84. The molecule has 1 aliphatic rings. The predicted octanol–water partition coefficient (Wildman–Crippen LogP) is 4.67. The number of aliphatic carboxylic acids is 1. The van der Waals surface area contributed by atoms with Crippen molar-refractivity contribution in [1.29, 1.82) is 0 Å². The number of H-pyrrole nitrogens is 1. The van der Waals surface area contributed by atoms with Gasteiger partial charge in [0, 0.05) is 6.54 Å². The van der Waals surface area contributed by atoms with Gasteiger partial charge in [0.05, 0.1) is 33.1 Å². The van der Waals surface area contributed by atoms with E-state index >= 15 is 0 Å². The van der Waals surface area contributed by atoms with Gasteiger partial charge in [0.25, 0.3) is 0 Å². The lowest BCUT2D eigenvalue weighted by atomic mass is 9.89. The summed E-state index contributed by atoms with van der Waals surface area (Å²) in [7, 11) is 4.83. The molecule has 2 aromatic heterocycles. The minimum absolute atomic E-state index is 0.557. The standard InChI is InChI=1S/C20H26N4O3.C2HF3O2/c1-25-16-10-9-14(17(26-2)18(16)27-3)19-22-15-11-21-24(20(15)23-19)12-13-7-5-4-6-8-13;3-2(4,5)1(6)7/h9-11,13H,4-8,12H2,1-3H3,(H,22,23);(H,6,7). The first kappa shape index (κ1) is 25.2. The Morgan fingerprint density at radius 2 is 1.76 bits per heavy atom. The summed E-state index contributed by atoms with van der Waals surface area (Å²) in [5.41, 5.74) is 2.64. The summed E-state index contributed by atoms with van der Waals surface area (Å²) in [6, 6.07) is 3.79. The molecular weight excluding hydrogens is 457 g/mol. The molecule has 186 valence electrons. The number of ether oxygens (including phenoxy) is 3. The average Bonchev–Trinajstić information content (AvgIpc) is 3.40. The van der Waals surface area contributed by atoms with Crippen LogP contribution in [-0.2, 0) is 11.3 Å². The van der Waals surface area contributed by atoms with E-state index in [0.29, 0.717) is 23.2 Å². The Bertz CT molecular complexity index is 1120. The van der Waals surface area contributed by atoms with Crippen molar-refractivity contribution < 1.29 is 37.3 Å². The molecule has 0 unspecified atom stereocenters. The number of halogens is 3. The molecule has 0 aliphatic heterocycles. The van der Waals surface area contributed by atoms with Crippen LogP contribution in [0.15, 0.2) is 18.3 Å². The maximum atomic E-state index is 10.6. The Labute approximate surface area is 193 Å². The third-order valence-electron chi connectivity index (χ3n) is 5.64. The van der Waals surface area contributed by atoms with Gasteiger partial charge in [0.1, 0.15) is 11.3 Å². The molecule has 4 rings (SSSR count). The van der Waals surface area contributed by atoms with Crippen molar-refractivity contribution in [2.75, 3.05) is 21.3 Å². The van der Waals surface area contributed by atoms with Crippen molar-refractivity contribution in [3.63, 3.8) is 0 Å². The molecule has 12 heteroatoms. The number of rotatable bonds is 6. The fraction of sp³-hybridized carbons (Fsp3) is 0.500. The van der Waals surface area contributed by atoms with Gasteiger partial charge in [-0.05, 0) is 30.9 Å². The van der Waals surface area contributed by atoms with Gasteiger partial charge < -0.3 is 24.3 Å². The average molecular weight is 484 g/mol. The van der Waals surface area contributed by atoms with Crippen LogP contribution in [0.2, 0.25) is 0 Å². The number of hydrogen-bond acceptors (Lipinski definition) is 6. The monoisotopic (exact) mass is 484 g/mol. The van der Waals surface area contributed by atoms with Gasteiger partial charge in [-0.15, -0.1) is 0 Å². The molecule has 0 radical (unpaired) electrons. The number of aromatic amines is 1. The third-order valence-corrected chi connectivity index (χ3v) is 5.64. The molecule has 0 amide bonds. The summed E-state index contributed by atoms with van der Waals surface area (Å²) in [4.78, 5) is 17.1. The highest BCUT2D eigenvalue weighted by Crippen LogP contribution is 2.43. The number of aromatic nitrogens is 4. The first-order valence-corrected chi connectivity index (χ1v) is 10.7. The number of alkyl halides is 3. The van der Waals surface area contributed by atoms with Crippen molar-refractivity contribution in [3.8, 4) is 28.6 Å². The molecule has 1 aliphatic carbocycles. The van der Waals surface area contributed by atoms with Crippen molar-refractivity contribution in [3.05, 3.63) is 18.3 Å². The van der Waals surface area contributed by atoms with Gasteiger partial charge in [-0.25, -0.2) is 14.5 Å². The lowest BCUT2D eigenvalue weighted by Crippen LogP contribution is -2.21. The van der Waals surface area contributed by atoms with Crippen molar-refractivity contribution in [1.82, 2.24) is 19.7 Å². The Hall–Kier alpha value is -3.44. The topological polar surface area (TPSA) is 111 Å². The highest BCUT2D eigenvalue weighted by Gasteiger charge is 2.38. The second kappa shape index (κ2) is 10.7. The summed E-state index contributed by atoms with van der Waals surface area (Å²) in [6.07, 6.45) is 3.33. The van der Waals surface area contributed by atoms with E-state index in [-0.39, 0.29) is 0 Å². The van der Waals surface area contributed by atoms with Crippen LogP contribution in [0.5, 0.6) is 17.2 Å². The molecule has 0 spiro atoms. The van der Waals surface area contributed by atoms with Crippen LogP contribution < -0.4 is 14.2 Å². The first-order chi connectivity index (χ1) is 16.2. The van der Waals surface area contributed by atoms with Crippen LogP contribution in [0.4, 0.5) is 13.2 Å².